The molecule has 0 aliphatic rings. The minimum atomic E-state index is -1.90. The van der Waals surface area contributed by atoms with E-state index in [1.807, 2.05) is 6.08 Å². The van der Waals surface area contributed by atoms with Gasteiger partial charge in [0.15, 0.2) is 11.4 Å². The van der Waals surface area contributed by atoms with Crippen molar-refractivity contribution in [1.29, 1.82) is 0 Å². The van der Waals surface area contributed by atoms with Gasteiger partial charge in [-0.2, -0.15) is 0 Å². The van der Waals surface area contributed by atoms with Crippen molar-refractivity contribution in [2.24, 2.45) is 0 Å². The standard InChI is InChI=1S/C20H35NO4/c1-5-6-7-8-9-10-11-12-13-14-15-18(22)20(25,16-19(23)24)17-21(2,3)4/h11-14,25H,5-10,15-17H2,1-4H3/b12-11+,14-13+. The molecule has 0 aromatic rings. The van der Waals surface area contributed by atoms with E-state index < -0.39 is 23.8 Å². The van der Waals surface area contributed by atoms with Gasteiger partial charge < -0.3 is 19.5 Å². The summed E-state index contributed by atoms with van der Waals surface area (Å²) >= 11 is 0. The second kappa shape index (κ2) is 12.0. The minimum absolute atomic E-state index is 0.00458. The number of aliphatic carboxylic acids is 1. The molecule has 0 aliphatic carbocycles. The van der Waals surface area contributed by atoms with Crippen LogP contribution in [0.4, 0.5) is 0 Å². The van der Waals surface area contributed by atoms with Crippen LogP contribution in [0.5, 0.6) is 0 Å². The average molecular weight is 354 g/mol. The molecule has 5 heteroatoms. The summed E-state index contributed by atoms with van der Waals surface area (Å²) in [7, 11) is 5.39. The molecule has 0 aromatic carbocycles. The molecule has 0 spiro atoms. The highest BCUT2D eigenvalue weighted by molar-refractivity contribution is 5.91. The molecule has 0 saturated carbocycles. The molecule has 0 heterocycles. The van der Waals surface area contributed by atoms with E-state index in [0.29, 0.717) is 0 Å². The quantitative estimate of drug-likeness (QED) is 0.294. The van der Waals surface area contributed by atoms with Crippen molar-refractivity contribution in [3.05, 3.63) is 24.3 Å². The predicted octanol–water partition coefficient (Wildman–Crippen LogP) is 2.00. The van der Waals surface area contributed by atoms with E-state index in [4.69, 9.17) is 0 Å². The number of Topliss-reactive ketones (excluding diaryl/α,β-unsaturated/α-hetero) is 1. The molecule has 0 fully saturated rings. The number of carbonyl (C=O) groups excluding carboxylic acids is 2. The lowest BCUT2D eigenvalue weighted by Gasteiger charge is -2.34. The summed E-state index contributed by atoms with van der Waals surface area (Å²) in [5.41, 5.74) is -1.90. The largest absolute Gasteiger partial charge is 0.550 e. The molecule has 25 heavy (non-hydrogen) atoms. The van der Waals surface area contributed by atoms with Crippen LogP contribution in [0.2, 0.25) is 0 Å². The van der Waals surface area contributed by atoms with Crippen LogP contribution >= 0.6 is 0 Å². The zero-order valence-corrected chi connectivity index (χ0v) is 16.3. The Bertz CT molecular complexity index is 463. The number of hydrogen-bond acceptors (Lipinski definition) is 4. The maximum absolute atomic E-state index is 12.3. The summed E-state index contributed by atoms with van der Waals surface area (Å²) in [6, 6.07) is 0. The van der Waals surface area contributed by atoms with Crippen molar-refractivity contribution in [3.8, 4) is 0 Å². The number of carbonyl (C=O) groups is 2. The van der Waals surface area contributed by atoms with Crippen molar-refractivity contribution in [1.82, 2.24) is 0 Å². The zero-order chi connectivity index (χ0) is 19.3. The summed E-state index contributed by atoms with van der Waals surface area (Å²) in [5.74, 6) is -1.91. The van der Waals surface area contributed by atoms with Crippen molar-refractivity contribution in [2.45, 2.75) is 63.9 Å². The summed E-state index contributed by atoms with van der Waals surface area (Å²) in [6.07, 6.45) is 13.9. The number of ketones is 1. The van der Waals surface area contributed by atoms with Crippen LogP contribution in [0.3, 0.4) is 0 Å². The first-order valence-electron chi connectivity index (χ1n) is 9.18. The Balaban J connectivity index is 4.39. The van der Waals surface area contributed by atoms with Gasteiger partial charge in [0.05, 0.1) is 21.1 Å². The molecule has 1 atom stereocenters. The molecule has 1 unspecified atom stereocenters. The Labute approximate surface area is 152 Å². The van der Waals surface area contributed by atoms with Gasteiger partial charge in [-0.3, -0.25) is 4.79 Å². The minimum Gasteiger partial charge on any atom is -0.550 e. The fourth-order valence-corrected chi connectivity index (χ4v) is 2.75. The molecular formula is C20H35NO4. The Hall–Kier alpha value is -1.46. The van der Waals surface area contributed by atoms with E-state index in [1.54, 1.807) is 33.3 Å². The van der Waals surface area contributed by atoms with E-state index in [1.165, 1.54) is 25.7 Å². The first-order valence-corrected chi connectivity index (χ1v) is 9.18. The van der Waals surface area contributed by atoms with Crippen LogP contribution < -0.4 is 5.11 Å². The van der Waals surface area contributed by atoms with E-state index in [-0.39, 0.29) is 17.4 Å². The van der Waals surface area contributed by atoms with Crippen molar-refractivity contribution in [2.75, 3.05) is 27.7 Å². The average Bonchev–Trinajstić information content (AvgIpc) is 2.46. The molecule has 0 bridgehead atoms. The number of carboxylic acids is 1. The molecule has 5 nitrogen and oxygen atoms in total. The smallest absolute Gasteiger partial charge is 0.177 e. The highest BCUT2D eigenvalue weighted by atomic mass is 16.4. The summed E-state index contributed by atoms with van der Waals surface area (Å²) in [5, 5.41) is 21.4. The van der Waals surface area contributed by atoms with Crippen LogP contribution in [0.15, 0.2) is 24.3 Å². The molecule has 144 valence electrons. The number of hydrogen-bond donors (Lipinski definition) is 1. The fraction of sp³-hybridized carbons (Fsp3) is 0.700. The van der Waals surface area contributed by atoms with Crippen LogP contribution in [0.25, 0.3) is 0 Å². The molecule has 0 rings (SSSR count). The highest BCUT2D eigenvalue weighted by Crippen LogP contribution is 2.17. The summed E-state index contributed by atoms with van der Waals surface area (Å²) < 4.78 is 0.289. The SMILES string of the molecule is CCCCCCC/C=C/C=C/CC(=O)C(O)(CC(=O)[O-])C[N+](C)(C)C. The van der Waals surface area contributed by atoms with Crippen LogP contribution in [0, 0.1) is 0 Å². The van der Waals surface area contributed by atoms with Gasteiger partial charge in [0, 0.05) is 18.8 Å². The van der Waals surface area contributed by atoms with Crippen molar-refractivity contribution >= 4 is 11.8 Å². The number of quaternary nitrogens is 1. The van der Waals surface area contributed by atoms with Gasteiger partial charge in [-0.15, -0.1) is 0 Å². The van der Waals surface area contributed by atoms with E-state index in [0.717, 1.165) is 12.8 Å². The number of nitrogens with zero attached hydrogens (tertiary/aromatic N) is 1. The van der Waals surface area contributed by atoms with E-state index >= 15 is 0 Å². The zero-order valence-electron chi connectivity index (χ0n) is 16.3. The first kappa shape index (κ1) is 23.5. The number of rotatable bonds is 14. The first-order chi connectivity index (χ1) is 11.6. The van der Waals surface area contributed by atoms with Gasteiger partial charge >= 0.3 is 0 Å². The van der Waals surface area contributed by atoms with Crippen molar-refractivity contribution < 1.29 is 24.3 Å². The Kier molecular flexibility index (Phi) is 11.3. The van der Waals surface area contributed by atoms with Gasteiger partial charge in [-0.1, -0.05) is 56.9 Å². The van der Waals surface area contributed by atoms with Gasteiger partial charge in [0.1, 0.15) is 6.54 Å². The third-order valence-corrected chi connectivity index (χ3v) is 3.85. The molecule has 0 radical (unpaired) electrons. The Morgan fingerprint density at radius 3 is 2.20 bits per heavy atom. The highest BCUT2D eigenvalue weighted by Gasteiger charge is 2.40. The van der Waals surface area contributed by atoms with Crippen LogP contribution in [0.1, 0.15) is 58.3 Å². The van der Waals surface area contributed by atoms with Gasteiger partial charge in [0.2, 0.25) is 0 Å². The predicted molar refractivity (Wildman–Crippen MR) is 98.8 cm³/mol. The lowest BCUT2D eigenvalue weighted by atomic mass is 9.91. The number of allylic oxidation sites excluding steroid dienone is 4. The van der Waals surface area contributed by atoms with Crippen LogP contribution in [-0.4, -0.2) is 54.6 Å². The molecule has 1 N–H and O–H groups in total. The van der Waals surface area contributed by atoms with E-state index in [9.17, 15) is 19.8 Å². The second-order valence-electron chi connectivity index (χ2n) is 7.72. The Morgan fingerprint density at radius 1 is 1.04 bits per heavy atom. The Morgan fingerprint density at radius 2 is 1.64 bits per heavy atom. The maximum atomic E-state index is 12.3. The number of aliphatic hydroxyl groups is 1. The van der Waals surface area contributed by atoms with Gasteiger partial charge in [-0.25, -0.2) is 0 Å². The lowest BCUT2D eigenvalue weighted by Crippen LogP contribution is -2.55. The topological polar surface area (TPSA) is 77.4 Å². The monoisotopic (exact) mass is 353 g/mol. The molecular weight excluding hydrogens is 318 g/mol. The summed E-state index contributed by atoms with van der Waals surface area (Å²) in [4.78, 5) is 23.2. The fourth-order valence-electron chi connectivity index (χ4n) is 2.75. The maximum Gasteiger partial charge on any atom is 0.177 e. The second-order valence-corrected chi connectivity index (χ2v) is 7.72. The molecule has 0 aromatic heterocycles. The molecule has 0 aliphatic heterocycles. The lowest BCUT2D eigenvalue weighted by molar-refractivity contribution is -0.875. The number of unbranched alkanes of at least 4 members (excludes halogenated alkanes) is 5. The van der Waals surface area contributed by atoms with Crippen LogP contribution in [-0.2, 0) is 9.59 Å². The summed E-state index contributed by atoms with van der Waals surface area (Å²) in [6.45, 7) is 2.22. The van der Waals surface area contributed by atoms with E-state index in [2.05, 4.69) is 13.0 Å². The van der Waals surface area contributed by atoms with Crippen molar-refractivity contribution in [3.63, 3.8) is 0 Å². The normalized spacial score (nSPS) is 14.9. The number of likely N-dealkylation sites (N-methyl/N-ethyl adjacent to an activating group) is 1. The van der Waals surface area contributed by atoms with Gasteiger partial charge in [0.25, 0.3) is 0 Å². The molecule has 0 amide bonds. The molecule has 0 saturated heterocycles. The number of carboxylic acid groups (broad SMARTS) is 1. The third kappa shape index (κ3) is 12.5. The third-order valence-electron chi connectivity index (χ3n) is 3.85. The van der Waals surface area contributed by atoms with Gasteiger partial charge in [-0.05, 0) is 12.8 Å².